The van der Waals surface area contributed by atoms with Crippen LogP contribution in [0.15, 0.2) is 18.2 Å². The smallest absolute Gasteiger partial charge is 0.453 e. The van der Waals surface area contributed by atoms with Gasteiger partial charge in [-0.1, -0.05) is 19.4 Å². The molecule has 11 heteroatoms. The maximum absolute atomic E-state index is 12.9. The molecular weight excluding hydrogens is 451 g/mol. The number of nitrogens with one attached hydrogen (secondary N) is 1. The molecule has 3 aromatic rings. The van der Waals surface area contributed by atoms with Gasteiger partial charge in [-0.15, -0.1) is 5.10 Å². The van der Waals surface area contributed by atoms with Gasteiger partial charge in [0.25, 0.3) is 11.6 Å². The van der Waals surface area contributed by atoms with Crippen molar-refractivity contribution in [3.8, 4) is 11.5 Å². The van der Waals surface area contributed by atoms with Crippen LogP contribution in [0.3, 0.4) is 0 Å². The molecule has 34 heavy (non-hydrogen) atoms. The summed E-state index contributed by atoms with van der Waals surface area (Å²) in [7, 11) is 1.56. The fourth-order valence-corrected chi connectivity index (χ4v) is 3.49. The molecule has 3 rings (SSSR count). The third kappa shape index (κ3) is 5.95. The van der Waals surface area contributed by atoms with E-state index in [0.29, 0.717) is 48.0 Å². The minimum atomic E-state index is -4.66. The lowest BCUT2D eigenvalue weighted by Gasteiger charge is -2.13. The fraction of sp³-hybridized carbons (Fsp3) is 0.478. The lowest BCUT2D eigenvalue weighted by atomic mass is 10.1. The highest BCUT2D eigenvalue weighted by Crippen LogP contribution is 2.29. The number of alkyl halides is 3. The SMILES string of the molecule is CCCCOc1ccc(CNC(=O)CCc2c(C)nc3nc(C(F)(F)F)nn3c2C)cc1OC. The number of aromatic nitrogens is 4. The lowest BCUT2D eigenvalue weighted by molar-refractivity contribution is -0.144. The normalized spacial score (nSPS) is 11.6. The number of nitrogens with zero attached hydrogens (tertiary/aromatic N) is 4. The van der Waals surface area contributed by atoms with Gasteiger partial charge in [0.2, 0.25) is 5.91 Å². The molecule has 0 aliphatic carbocycles. The standard InChI is InChI=1S/C23H28F3N5O3/c1-5-6-11-34-18-9-7-16(12-19(18)33-4)13-27-20(32)10-8-17-14(2)28-22-29-21(23(24,25)26)30-31(22)15(17)3/h7,9,12H,5-6,8,10-11,13H2,1-4H3,(H,27,32). The molecule has 0 saturated carbocycles. The predicted molar refractivity (Wildman–Crippen MR) is 119 cm³/mol. The van der Waals surface area contributed by atoms with Gasteiger partial charge in [0, 0.05) is 24.4 Å². The molecule has 1 aromatic carbocycles. The highest BCUT2D eigenvalue weighted by Gasteiger charge is 2.37. The number of carbonyl (C=O) groups excluding carboxylic acids is 1. The number of aryl methyl sites for hydroxylation is 2. The van der Waals surface area contributed by atoms with E-state index in [0.717, 1.165) is 22.9 Å². The molecule has 0 fully saturated rings. The van der Waals surface area contributed by atoms with Crippen LogP contribution < -0.4 is 14.8 Å². The van der Waals surface area contributed by atoms with Gasteiger partial charge in [-0.25, -0.2) is 9.50 Å². The molecule has 0 aliphatic heterocycles. The van der Waals surface area contributed by atoms with E-state index in [1.165, 1.54) is 0 Å². The van der Waals surface area contributed by atoms with Crippen molar-refractivity contribution in [1.29, 1.82) is 0 Å². The van der Waals surface area contributed by atoms with Crippen LogP contribution >= 0.6 is 0 Å². The molecule has 0 radical (unpaired) electrons. The predicted octanol–water partition coefficient (Wildman–Crippen LogP) is 4.20. The molecule has 1 amide bonds. The lowest BCUT2D eigenvalue weighted by Crippen LogP contribution is -2.23. The summed E-state index contributed by atoms with van der Waals surface area (Å²) < 4.78 is 51.0. The Kier molecular flexibility index (Phi) is 7.95. The number of halogens is 3. The maximum atomic E-state index is 12.9. The van der Waals surface area contributed by atoms with Crippen LogP contribution in [0.1, 0.15) is 54.5 Å². The van der Waals surface area contributed by atoms with Gasteiger partial charge in [-0.2, -0.15) is 18.2 Å². The summed E-state index contributed by atoms with van der Waals surface area (Å²) >= 11 is 0. The topological polar surface area (TPSA) is 90.6 Å². The second-order valence-corrected chi connectivity index (χ2v) is 7.87. The Morgan fingerprint density at radius 1 is 1.18 bits per heavy atom. The Morgan fingerprint density at radius 3 is 2.62 bits per heavy atom. The Morgan fingerprint density at radius 2 is 1.94 bits per heavy atom. The van der Waals surface area contributed by atoms with Crippen LogP contribution in [0.25, 0.3) is 5.78 Å². The fourth-order valence-electron chi connectivity index (χ4n) is 3.49. The molecule has 0 saturated heterocycles. The van der Waals surface area contributed by atoms with E-state index < -0.39 is 12.0 Å². The summed E-state index contributed by atoms with van der Waals surface area (Å²) in [6, 6.07) is 5.49. The van der Waals surface area contributed by atoms with Crippen molar-refractivity contribution >= 4 is 11.7 Å². The summed E-state index contributed by atoms with van der Waals surface area (Å²) in [5.41, 5.74) is 2.51. The third-order valence-electron chi connectivity index (χ3n) is 5.38. The van der Waals surface area contributed by atoms with Gasteiger partial charge < -0.3 is 14.8 Å². The molecule has 0 atom stereocenters. The number of fused-ring (bicyclic) bond motifs is 1. The Hall–Kier alpha value is -3.37. The van der Waals surface area contributed by atoms with Crippen molar-refractivity contribution in [2.45, 2.75) is 59.2 Å². The molecule has 184 valence electrons. The molecular formula is C23H28F3N5O3. The van der Waals surface area contributed by atoms with Gasteiger partial charge in [-0.05, 0) is 49.9 Å². The van der Waals surface area contributed by atoms with Crippen LogP contribution in [0.5, 0.6) is 11.5 Å². The highest BCUT2D eigenvalue weighted by molar-refractivity contribution is 5.76. The largest absolute Gasteiger partial charge is 0.493 e. The molecule has 0 bridgehead atoms. The summed E-state index contributed by atoms with van der Waals surface area (Å²) in [5, 5.41) is 6.38. The first-order valence-electron chi connectivity index (χ1n) is 11.0. The zero-order valence-electron chi connectivity index (χ0n) is 19.6. The molecule has 2 aromatic heterocycles. The quantitative estimate of drug-likeness (QED) is 0.439. The number of carbonyl (C=O) groups is 1. The zero-order chi connectivity index (χ0) is 24.9. The van der Waals surface area contributed by atoms with Gasteiger partial charge in [0.1, 0.15) is 0 Å². The summed E-state index contributed by atoms with van der Waals surface area (Å²) in [6.45, 7) is 6.31. The number of hydrogen-bond acceptors (Lipinski definition) is 6. The van der Waals surface area contributed by atoms with Crippen molar-refractivity contribution < 1.29 is 27.4 Å². The van der Waals surface area contributed by atoms with Crippen molar-refractivity contribution in [3.05, 3.63) is 46.5 Å². The van der Waals surface area contributed by atoms with Gasteiger partial charge in [0.15, 0.2) is 11.5 Å². The van der Waals surface area contributed by atoms with Crippen LogP contribution in [0, 0.1) is 13.8 Å². The summed E-state index contributed by atoms with van der Waals surface area (Å²) in [5.74, 6) is -0.307. The van der Waals surface area contributed by atoms with Crippen LogP contribution in [0.2, 0.25) is 0 Å². The second-order valence-electron chi connectivity index (χ2n) is 7.87. The molecule has 0 spiro atoms. The van der Waals surface area contributed by atoms with Crippen molar-refractivity contribution in [2.75, 3.05) is 13.7 Å². The van der Waals surface area contributed by atoms with E-state index in [4.69, 9.17) is 9.47 Å². The average Bonchev–Trinajstić information content (AvgIpc) is 3.23. The van der Waals surface area contributed by atoms with Gasteiger partial charge >= 0.3 is 6.18 Å². The van der Waals surface area contributed by atoms with E-state index in [-0.39, 0.29) is 18.1 Å². The Bertz CT molecular complexity index is 1160. The second kappa shape index (κ2) is 10.7. The molecule has 0 unspecified atom stereocenters. The number of amides is 1. The minimum absolute atomic E-state index is 0.119. The minimum Gasteiger partial charge on any atom is -0.493 e. The molecule has 1 N–H and O–H groups in total. The van der Waals surface area contributed by atoms with E-state index in [2.05, 4.69) is 27.3 Å². The molecule has 0 aliphatic rings. The van der Waals surface area contributed by atoms with Crippen LogP contribution in [0.4, 0.5) is 13.2 Å². The van der Waals surface area contributed by atoms with Crippen LogP contribution in [-0.4, -0.2) is 39.2 Å². The number of benzene rings is 1. The van der Waals surface area contributed by atoms with E-state index in [9.17, 15) is 18.0 Å². The molecule has 2 heterocycles. The van der Waals surface area contributed by atoms with Crippen molar-refractivity contribution in [2.24, 2.45) is 0 Å². The first-order valence-corrected chi connectivity index (χ1v) is 11.0. The Labute approximate surface area is 195 Å². The summed E-state index contributed by atoms with van der Waals surface area (Å²) in [6.07, 6.45) is -2.23. The van der Waals surface area contributed by atoms with Crippen molar-refractivity contribution in [1.82, 2.24) is 24.9 Å². The average molecular weight is 480 g/mol. The first kappa shape index (κ1) is 25.3. The van der Waals surface area contributed by atoms with Crippen LogP contribution in [-0.2, 0) is 23.9 Å². The Balaban J connectivity index is 1.62. The highest BCUT2D eigenvalue weighted by atomic mass is 19.4. The number of rotatable bonds is 10. The summed E-state index contributed by atoms with van der Waals surface area (Å²) in [4.78, 5) is 20.0. The maximum Gasteiger partial charge on any atom is 0.453 e. The number of methoxy groups -OCH3 is 1. The van der Waals surface area contributed by atoms with E-state index in [1.807, 2.05) is 18.2 Å². The first-order chi connectivity index (χ1) is 16.1. The third-order valence-corrected chi connectivity index (χ3v) is 5.38. The number of hydrogen-bond donors (Lipinski definition) is 1. The van der Waals surface area contributed by atoms with Crippen molar-refractivity contribution in [3.63, 3.8) is 0 Å². The van der Waals surface area contributed by atoms with Gasteiger partial charge in [0.05, 0.1) is 13.7 Å². The zero-order valence-corrected chi connectivity index (χ0v) is 19.6. The van der Waals surface area contributed by atoms with E-state index >= 15 is 0 Å². The number of ether oxygens (including phenoxy) is 2. The van der Waals surface area contributed by atoms with E-state index in [1.54, 1.807) is 21.0 Å². The number of unbranched alkanes of at least 4 members (excludes halogenated alkanes) is 1. The molecule has 8 nitrogen and oxygen atoms in total. The van der Waals surface area contributed by atoms with Gasteiger partial charge in [-0.3, -0.25) is 4.79 Å². The monoisotopic (exact) mass is 479 g/mol.